The van der Waals surface area contributed by atoms with Crippen molar-refractivity contribution in [2.75, 3.05) is 19.6 Å². The number of carbonyl (C=O) groups is 2. The SMILES string of the molecule is N/C(CC(=O)NC1Cc2cccc(C(=O)O)c2OB1O)=N\N(N)CC1CCNCC1. The number of aromatic carboxylic acids is 1. The predicted molar refractivity (Wildman–Crippen MR) is 110 cm³/mol. The highest BCUT2D eigenvalue weighted by Gasteiger charge is 2.37. The fourth-order valence-electron chi connectivity index (χ4n) is 3.71. The van der Waals surface area contributed by atoms with Crippen molar-refractivity contribution in [3.63, 3.8) is 0 Å². The molecule has 1 aromatic rings. The summed E-state index contributed by atoms with van der Waals surface area (Å²) in [5.41, 5.74) is 6.39. The summed E-state index contributed by atoms with van der Waals surface area (Å²) in [5.74, 6) is 4.14. The fraction of sp³-hybridized carbons (Fsp3) is 0.500. The first kappa shape index (κ1) is 21.9. The third-order valence-corrected chi connectivity index (χ3v) is 5.20. The maximum absolute atomic E-state index is 12.3. The molecule has 8 N–H and O–H groups in total. The lowest BCUT2D eigenvalue weighted by molar-refractivity contribution is -0.120. The van der Waals surface area contributed by atoms with E-state index < -0.39 is 24.9 Å². The summed E-state index contributed by atoms with van der Waals surface area (Å²) >= 11 is 0. The number of fused-ring (bicyclic) bond motifs is 1. The van der Waals surface area contributed by atoms with Crippen molar-refractivity contribution in [3.05, 3.63) is 29.3 Å². The monoisotopic (exact) mass is 418 g/mol. The van der Waals surface area contributed by atoms with Crippen molar-refractivity contribution in [1.82, 2.24) is 15.8 Å². The molecule has 2 aliphatic heterocycles. The Morgan fingerprint density at radius 2 is 2.10 bits per heavy atom. The normalized spacial score (nSPS) is 19.6. The van der Waals surface area contributed by atoms with Crippen LogP contribution in [0.4, 0.5) is 0 Å². The maximum atomic E-state index is 12.3. The van der Waals surface area contributed by atoms with Gasteiger partial charge >= 0.3 is 13.1 Å². The second-order valence-electron chi connectivity index (χ2n) is 7.57. The topological polar surface area (TPSA) is 176 Å². The maximum Gasteiger partial charge on any atom is 0.547 e. The fourth-order valence-corrected chi connectivity index (χ4v) is 3.71. The molecule has 1 aromatic carbocycles. The van der Waals surface area contributed by atoms with Crippen LogP contribution in [0.5, 0.6) is 5.75 Å². The number of carboxylic acids is 1. The standard InChI is InChI=1S/C18H27BN6O5/c20-15(24-25(21)10-11-4-6-22-7-5-11)9-16(26)23-14-8-12-2-1-3-13(18(27)28)17(12)30-19(14)29/h1-3,11,14,22,29H,4-10,21H2,(H2,20,24)(H,23,26)(H,27,28). The third-order valence-electron chi connectivity index (χ3n) is 5.20. The quantitative estimate of drug-likeness (QED) is 0.103. The second-order valence-corrected chi connectivity index (χ2v) is 7.57. The Labute approximate surface area is 174 Å². The van der Waals surface area contributed by atoms with Gasteiger partial charge in [0.1, 0.15) is 11.6 Å². The Hall–Kier alpha value is -2.83. The molecule has 0 spiro atoms. The number of hydrogen-bond acceptors (Lipinski definition) is 8. The van der Waals surface area contributed by atoms with Crippen molar-refractivity contribution in [2.24, 2.45) is 22.6 Å². The molecular formula is C18H27BN6O5. The summed E-state index contributed by atoms with van der Waals surface area (Å²) in [6, 6.07) is 4.67. The average Bonchev–Trinajstić information content (AvgIpc) is 2.68. The van der Waals surface area contributed by atoms with Gasteiger partial charge in [-0.15, -0.1) is 5.10 Å². The highest BCUT2D eigenvalue weighted by molar-refractivity contribution is 6.47. The van der Waals surface area contributed by atoms with Crippen molar-refractivity contribution in [2.45, 2.75) is 31.6 Å². The number of nitrogens with two attached hydrogens (primary N) is 2. The van der Waals surface area contributed by atoms with Gasteiger partial charge in [-0.25, -0.2) is 15.8 Å². The van der Waals surface area contributed by atoms with Crippen LogP contribution in [0.2, 0.25) is 0 Å². The number of amides is 1. The van der Waals surface area contributed by atoms with Gasteiger partial charge in [-0.2, -0.15) is 0 Å². The molecule has 2 aliphatic rings. The number of hydrazine groups is 1. The molecule has 1 amide bonds. The molecule has 1 atom stereocenters. The van der Waals surface area contributed by atoms with Gasteiger partial charge in [0, 0.05) is 0 Å². The Bertz CT molecular complexity index is 816. The largest absolute Gasteiger partial charge is 0.547 e. The molecule has 0 radical (unpaired) electrons. The van der Waals surface area contributed by atoms with Crippen LogP contribution < -0.4 is 26.9 Å². The van der Waals surface area contributed by atoms with Gasteiger partial charge in [-0.3, -0.25) is 4.79 Å². The number of piperidine rings is 1. The number of amidine groups is 1. The first-order chi connectivity index (χ1) is 14.3. The van der Waals surface area contributed by atoms with Gasteiger partial charge in [-0.1, -0.05) is 12.1 Å². The molecule has 0 aliphatic carbocycles. The van der Waals surface area contributed by atoms with Crippen molar-refractivity contribution in [3.8, 4) is 5.75 Å². The molecular weight excluding hydrogens is 391 g/mol. The average molecular weight is 418 g/mol. The van der Waals surface area contributed by atoms with Crippen LogP contribution in [0.25, 0.3) is 0 Å². The van der Waals surface area contributed by atoms with Crippen LogP contribution in [0.15, 0.2) is 23.3 Å². The third kappa shape index (κ3) is 5.62. The molecule has 3 rings (SSSR count). The van der Waals surface area contributed by atoms with E-state index in [1.54, 1.807) is 12.1 Å². The van der Waals surface area contributed by atoms with Crippen molar-refractivity contribution in [1.29, 1.82) is 0 Å². The minimum absolute atomic E-state index is 0.0375. The minimum Gasteiger partial charge on any atom is -0.534 e. The summed E-state index contributed by atoms with van der Waals surface area (Å²) < 4.78 is 5.36. The van der Waals surface area contributed by atoms with Crippen LogP contribution in [0.1, 0.15) is 35.2 Å². The van der Waals surface area contributed by atoms with Crippen LogP contribution in [0, 0.1) is 5.92 Å². The lowest BCUT2D eigenvalue weighted by Crippen LogP contribution is -2.53. The Kier molecular flexibility index (Phi) is 7.13. The first-order valence-corrected chi connectivity index (χ1v) is 9.88. The van der Waals surface area contributed by atoms with Gasteiger partial charge in [0.15, 0.2) is 0 Å². The zero-order chi connectivity index (χ0) is 21.7. The molecule has 0 saturated carbocycles. The van der Waals surface area contributed by atoms with E-state index in [4.69, 9.17) is 16.2 Å². The van der Waals surface area contributed by atoms with E-state index in [-0.39, 0.29) is 30.0 Å². The number of nitrogens with one attached hydrogen (secondary N) is 2. The number of hydrogen-bond donors (Lipinski definition) is 6. The van der Waals surface area contributed by atoms with Crippen LogP contribution >= 0.6 is 0 Å². The number of para-hydroxylation sites is 1. The van der Waals surface area contributed by atoms with E-state index in [2.05, 4.69) is 15.7 Å². The molecule has 1 unspecified atom stereocenters. The van der Waals surface area contributed by atoms with Gasteiger partial charge < -0.3 is 31.2 Å². The smallest absolute Gasteiger partial charge is 0.534 e. The summed E-state index contributed by atoms with van der Waals surface area (Å²) in [7, 11) is -1.38. The molecule has 11 nitrogen and oxygen atoms in total. The Morgan fingerprint density at radius 3 is 2.80 bits per heavy atom. The molecule has 12 heteroatoms. The lowest BCUT2D eigenvalue weighted by Gasteiger charge is -2.29. The molecule has 1 saturated heterocycles. The second kappa shape index (κ2) is 9.78. The minimum atomic E-state index is -1.38. The lowest BCUT2D eigenvalue weighted by atomic mass is 9.72. The Morgan fingerprint density at radius 1 is 1.37 bits per heavy atom. The summed E-state index contributed by atoms with van der Waals surface area (Å²) in [6.07, 6.45) is 2.05. The molecule has 0 bridgehead atoms. The number of nitrogens with zero attached hydrogens (tertiary/aromatic N) is 2. The molecule has 1 fully saturated rings. The van der Waals surface area contributed by atoms with Crippen molar-refractivity contribution < 1.29 is 24.4 Å². The summed E-state index contributed by atoms with van der Waals surface area (Å²) in [4.78, 5) is 23.6. The van der Waals surface area contributed by atoms with Crippen LogP contribution in [-0.4, -0.2) is 65.7 Å². The predicted octanol–water partition coefficient (Wildman–Crippen LogP) is -1.34. The zero-order valence-corrected chi connectivity index (χ0v) is 16.6. The summed E-state index contributed by atoms with van der Waals surface area (Å²) in [5, 5.41) is 30.7. The number of carboxylic acid groups (broad SMARTS) is 1. The van der Waals surface area contributed by atoms with E-state index in [0.717, 1.165) is 25.9 Å². The number of carbonyl (C=O) groups excluding carboxylic acids is 1. The van der Waals surface area contributed by atoms with Crippen molar-refractivity contribution >= 4 is 24.8 Å². The van der Waals surface area contributed by atoms with Gasteiger partial charge in [0.05, 0.1) is 24.5 Å². The highest BCUT2D eigenvalue weighted by Crippen LogP contribution is 2.30. The van der Waals surface area contributed by atoms with Crippen LogP contribution in [0.3, 0.4) is 0 Å². The van der Waals surface area contributed by atoms with E-state index >= 15 is 0 Å². The summed E-state index contributed by atoms with van der Waals surface area (Å²) in [6.45, 7) is 2.45. The van der Waals surface area contributed by atoms with E-state index in [0.29, 0.717) is 18.0 Å². The molecule has 162 valence electrons. The Balaban J connectivity index is 1.54. The molecule has 0 aromatic heterocycles. The number of benzene rings is 1. The number of hydrazone groups is 1. The van der Waals surface area contributed by atoms with Gasteiger partial charge in [0.25, 0.3) is 0 Å². The molecule has 2 heterocycles. The first-order valence-electron chi connectivity index (χ1n) is 9.88. The van der Waals surface area contributed by atoms with Gasteiger partial charge in [-0.05, 0) is 49.9 Å². The number of rotatable bonds is 7. The zero-order valence-electron chi connectivity index (χ0n) is 16.6. The van der Waals surface area contributed by atoms with E-state index in [9.17, 15) is 19.7 Å². The molecule has 30 heavy (non-hydrogen) atoms. The highest BCUT2D eigenvalue weighted by atomic mass is 16.5. The van der Waals surface area contributed by atoms with Crippen LogP contribution in [-0.2, 0) is 11.2 Å². The van der Waals surface area contributed by atoms with Gasteiger partial charge in [0.2, 0.25) is 5.91 Å². The van der Waals surface area contributed by atoms with E-state index in [1.807, 2.05) is 0 Å². The van der Waals surface area contributed by atoms with E-state index in [1.165, 1.54) is 11.2 Å².